The molecule has 0 heterocycles. The summed E-state index contributed by atoms with van der Waals surface area (Å²) in [6.07, 6.45) is 5.23. The quantitative estimate of drug-likeness (QED) is 0.632. The Labute approximate surface area is 109 Å². The molecule has 0 aromatic heterocycles. The Hall–Kier alpha value is -2.19. The molecule has 0 saturated heterocycles. The molecular weight excluding hydrogens is 258 g/mol. The van der Waals surface area contributed by atoms with Crippen molar-refractivity contribution in [1.29, 1.82) is 0 Å². The fourth-order valence-corrected chi connectivity index (χ4v) is 1.59. The van der Waals surface area contributed by atoms with Gasteiger partial charge in [0.1, 0.15) is 11.3 Å². The third kappa shape index (κ3) is 2.55. The third-order valence-electron chi connectivity index (χ3n) is 2.10. The van der Waals surface area contributed by atoms with Crippen molar-refractivity contribution in [2.75, 3.05) is 12.4 Å². The Balaban J connectivity index is 3.51. The van der Waals surface area contributed by atoms with Crippen LogP contribution in [0, 0.1) is 12.3 Å². The summed E-state index contributed by atoms with van der Waals surface area (Å²) in [7, 11) is 1.16. The number of aromatic hydroxyl groups is 1. The van der Waals surface area contributed by atoms with E-state index in [1.807, 2.05) is 0 Å². The van der Waals surface area contributed by atoms with Gasteiger partial charge >= 0.3 is 5.97 Å². The number of hydrogen-bond acceptors (Lipinski definition) is 4. The smallest absolute Gasteiger partial charge is 0.341 e. The molecule has 0 aliphatic heterocycles. The van der Waals surface area contributed by atoms with Gasteiger partial charge < -0.3 is 15.2 Å². The number of amides is 1. The van der Waals surface area contributed by atoms with Crippen LogP contribution in [0.2, 0.25) is 5.02 Å². The van der Waals surface area contributed by atoms with Crippen LogP contribution in [0.4, 0.5) is 5.69 Å². The highest BCUT2D eigenvalue weighted by molar-refractivity contribution is 6.34. The number of methoxy groups -OCH3 is 1. The van der Waals surface area contributed by atoms with E-state index in [2.05, 4.69) is 16.0 Å². The first-order valence-electron chi connectivity index (χ1n) is 4.80. The van der Waals surface area contributed by atoms with Crippen LogP contribution in [0.25, 0.3) is 0 Å². The Morgan fingerprint density at radius 1 is 1.56 bits per heavy atom. The zero-order valence-corrected chi connectivity index (χ0v) is 10.5. The number of terminal acetylenes is 1. The zero-order chi connectivity index (χ0) is 13.9. The monoisotopic (exact) mass is 267 g/mol. The van der Waals surface area contributed by atoms with Crippen LogP contribution in [0.1, 0.15) is 22.8 Å². The number of halogens is 1. The van der Waals surface area contributed by atoms with Crippen LogP contribution in [0.5, 0.6) is 5.75 Å². The molecule has 18 heavy (non-hydrogen) atoms. The first kappa shape index (κ1) is 13.9. The molecule has 1 amide bonds. The van der Waals surface area contributed by atoms with E-state index in [1.165, 1.54) is 13.0 Å². The summed E-state index contributed by atoms with van der Waals surface area (Å²) in [4.78, 5) is 22.4. The first-order valence-corrected chi connectivity index (χ1v) is 5.18. The lowest BCUT2D eigenvalue weighted by atomic mass is 10.1. The minimum Gasteiger partial charge on any atom is -0.506 e. The lowest BCUT2D eigenvalue weighted by molar-refractivity contribution is -0.114. The van der Waals surface area contributed by atoms with Crippen molar-refractivity contribution in [3.63, 3.8) is 0 Å². The van der Waals surface area contributed by atoms with Gasteiger partial charge in [0.15, 0.2) is 0 Å². The summed E-state index contributed by atoms with van der Waals surface area (Å²) in [5.74, 6) is 0.530. The van der Waals surface area contributed by atoms with Crippen LogP contribution in [0.15, 0.2) is 6.07 Å². The van der Waals surface area contributed by atoms with Gasteiger partial charge in [0.25, 0.3) is 0 Å². The van der Waals surface area contributed by atoms with E-state index in [0.29, 0.717) is 0 Å². The van der Waals surface area contributed by atoms with E-state index < -0.39 is 17.6 Å². The van der Waals surface area contributed by atoms with Crippen LogP contribution in [-0.2, 0) is 9.53 Å². The molecule has 0 atom stereocenters. The van der Waals surface area contributed by atoms with E-state index in [4.69, 9.17) is 18.0 Å². The molecule has 0 bridgehead atoms. The number of esters is 1. The van der Waals surface area contributed by atoms with Gasteiger partial charge in [-0.25, -0.2) is 4.79 Å². The van der Waals surface area contributed by atoms with Crippen LogP contribution in [-0.4, -0.2) is 24.1 Å². The fraction of sp³-hybridized carbons (Fsp3) is 0.167. The Morgan fingerprint density at radius 3 is 2.61 bits per heavy atom. The fourth-order valence-electron chi connectivity index (χ4n) is 1.34. The van der Waals surface area contributed by atoms with Crippen molar-refractivity contribution >= 4 is 29.2 Å². The summed E-state index contributed by atoms with van der Waals surface area (Å²) in [6, 6.07) is 1.18. The molecule has 94 valence electrons. The minimum absolute atomic E-state index is 0.0383. The Morgan fingerprint density at radius 2 is 2.17 bits per heavy atom. The molecule has 1 rings (SSSR count). The van der Waals surface area contributed by atoms with Crippen molar-refractivity contribution in [3.8, 4) is 18.1 Å². The lowest BCUT2D eigenvalue weighted by Gasteiger charge is -2.12. The number of benzene rings is 1. The van der Waals surface area contributed by atoms with Crippen molar-refractivity contribution in [1.82, 2.24) is 0 Å². The largest absolute Gasteiger partial charge is 0.506 e. The molecule has 2 N–H and O–H groups in total. The number of ether oxygens (including phenoxy) is 1. The number of carbonyl (C=O) groups is 2. The average molecular weight is 268 g/mol. The van der Waals surface area contributed by atoms with E-state index in [1.54, 1.807) is 0 Å². The molecule has 0 fully saturated rings. The maximum atomic E-state index is 11.4. The second-order valence-electron chi connectivity index (χ2n) is 3.32. The van der Waals surface area contributed by atoms with Gasteiger partial charge in [-0.3, -0.25) is 4.79 Å². The summed E-state index contributed by atoms with van der Waals surface area (Å²) in [5.41, 5.74) is -0.153. The van der Waals surface area contributed by atoms with Gasteiger partial charge in [0, 0.05) is 6.92 Å². The van der Waals surface area contributed by atoms with Gasteiger partial charge in [0.05, 0.1) is 23.4 Å². The molecule has 5 nitrogen and oxygen atoms in total. The molecule has 1 aromatic carbocycles. The maximum absolute atomic E-state index is 11.4. The average Bonchev–Trinajstić information content (AvgIpc) is 2.32. The minimum atomic E-state index is -0.778. The van der Waals surface area contributed by atoms with Gasteiger partial charge in [0.2, 0.25) is 5.91 Å². The summed E-state index contributed by atoms with van der Waals surface area (Å²) >= 11 is 5.90. The number of anilines is 1. The Bertz CT molecular complexity index is 560. The summed E-state index contributed by atoms with van der Waals surface area (Å²) < 4.78 is 4.48. The van der Waals surface area contributed by atoms with Gasteiger partial charge in [-0.2, -0.15) is 0 Å². The van der Waals surface area contributed by atoms with Gasteiger partial charge in [-0.15, -0.1) is 6.42 Å². The molecule has 0 aliphatic carbocycles. The van der Waals surface area contributed by atoms with E-state index >= 15 is 0 Å². The number of phenolic OH excluding ortho intramolecular Hbond substituents is 1. The summed E-state index contributed by atoms with van der Waals surface area (Å²) in [6.45, 7) is 1.27. The highest BCUT2D eigenvalue weighted by atomic mass is 35.5. The SMILES string of the molecule is C#Cc1c(O)c(C(=O)OC)cc(Cl)c1NC(C)=O. The highest BCUT2D eigenvalue weighted by Gasteiger charge is 2.21. The normalized spacial score (nSPS) is 9.44. The molecule has 0 spiro atoms. The van der Waals surface area contributed by atoms with Crippen molar-refractivity contribution < 1.29 is 19.4 Å². The molecular formula is C12H10ClNO4. The van der Waals surface area contributed by atoms with E-state index in [9.17, 15) is 14.7 Å². The number of nitrogens with one attached hydrogen (secondary N) is 1. The highest BCUT2D eigenvalue weighted by Crippen LogP contribution is 2.36. The first-order chi connectivity index (χ1) is 8.42. The molecule has 0 aliphatic rings. The van der Waals surface area contributed by atoms with Crippen molar-refractivity contribution in [2.24, 2.45) is 0 Å². The second kappa shape index (κ2) is 5.43. The number of phenols is 1. The van der Waals surface area contributed by atoms with E-state index in [0.717, 1.165) is 7.11 Å². The standard InChI is InChI=1S/C12H10ClNO4/c1-4-7-10(14-6(2)15)9(13)5-8(11(7)16)12(17)18-3/h1,5,16H,2-3H3,(H,14,15). The van der Waals surface area contributed by atoms with Crippen LogP contribution in [0.3, 0.4) is 0 Å². The second-order valence-corrected chi connectivity index (χ2v) is 3.73. The molecule has 0 saturated carbocycles. The molecule has 6 heteroatoms. The lowest BCUT2D eigenvalue weighted by Crippen LogP contribution is -2.10. The van der Waals surface area contributed by atoms with Crippen molar-refractivity contribution in [2.45, 2.75) is 6.92 Å². The van der Waals surface area contributed by atoms with Crippen molar-refractivity contribution in [3.05, 3.63) is 22.2 Å². The maximum Gasteiger partial charge on any atom is 0.341 e. The van der Waals surface area contributed by atoms with Gasteiger partial charge in [-0.05, 0) is 6.07 Å². The Kier molecular flexibility index (Phi) is 4.18. The van der Waals surface area contributed by atoms with Crippen LogP contribution >= 0.6 is 11.6 Å². The zero-order valence-electron chi connectivity index (χ0n) is 9.70. The van der Waals surface area contributed by atoms with E-state index in [-0.39, 0.29) is 21.8 Å². The topological polar surface area (TPSA) is 75.6 Å². The third-order valence-corrected chi connectivity index (χ3v) is 2.40. The number of carbonyl (C=O) groups excluding carboxylic acids is 2. The predicted octanol–water partition coefficient (Wildman–Crippen LogP) is 1.77. The van der Waals surface area contributed by atoms with Crippen LogP contribution < -0.4 is 5.32 Å². The molecule has 0 unspecified atom stereocenters. The predicted molar refractivity (Wildman–Crippen MR) is 66.7 cm³/mol. The number of hydrogen-bond donors (Lipinski definition) is 2. The van der Waals surface area contributed by atoms with Gasteiger partial charge in [-0.1, -0.05) is 17.5 Å². The number of rotatable bonds is 2. The summed E-state index contributed by atoms with van der Waals surface area (Å²) in [5, 5.41) is 12.3. The molecule has 1 aromatic rings. The molecule has 0 radical (unpaired) electrons.